The Kier molecular flexibility index (Phi) is 4.91. The number of hydrogen-bond acceptors (Lipinski definition) is 9. The van der Waals surface area contributed by atoms with Crippen molar-refractivity contribution < 1.29 is 39.8 Å². The second-order valence-electron chi connectivity index (χ2n) is 7.29. The van der Waals surface area contributed by atoms with Crippen LogP contribution in [0.15, 0.2) is 45.6 Å². The van der Waals surface area contributed by atoms with E-state index in [1.54, 1.807) is 0 Å². The topological polar surface area (TPSA) is 161 Å². The summed E-state index contributed by atoms with van der Waals surface area (Å²) >= 11 is 0. The number of aromatic hydroxyl groups is 3. The van der Waals surface area contributed by atoms with E-state index in [1.165, 1.54) is 31.2 Å². The van der Waals surface area contributed by atoms with Gasteiger partial charge in [-0.05, 0) is 31.2 Å². The summed E-state index contributed by atoms with van der Waals surface area (Å²) in [6.07, 6.45) is -6.90. The van der Waals surface area contributed by atoms with Crippen LogP contribution >= 0.6 is 0 Å². The molecular weight excluding hydrogens is 396 g/mol. The first-order valence-electron chi connectivity index (χ1n) is 9.20. The first-order chi connectivity index (χ1) is 14.2. The summed E-state index contributed by atoms with van der Waals surface area (Å²) in [7, 11) is 0. The van der Waals surface area contributed by atoms with E-state index < -0.39 is 47.4 Å². The van der Waals surface area contributed by atoms with Gasteiger partial charge in [0.1, 0.15) is 58.4 Å². The number of hydrogen-bond donors (Lipinski definition) is 6. The minimum atomic E-state index is -1.66. The summed E-state index contributed by atoms with van der Waals surface area (Å²) in [5.74, 6) is -0.990. The first-order valence-corrected chi connectivity index (χ1v) is 9.20. The summed E-state index contributed by atoms with van der Waals surface area (Å²) in [5, 5.41) is 60.6. The quantitative estimate of drug-likeness (QED) is 0.360. The smallest absolute Gasteiger partial charge is 0.197 e. The lowest BCUT2D eigenvalue weighted by molar-refractivity contribution is -0.220. The Bertz CT molecular complexity index is 1150. The highest BCUT2D eigenvalue weighted by molar-refractivity contribution is 5.88. The molecule has 0 saturated carbocycles. The maximum Gasteiger partial charge on any atom is 0.197 e. The summed E-state index contributed by atoms with van der Waals surface area (Å²) < 4.78 is 11.1. The molecule has 0 amide bonds. The second kappa shape index (κ2) is 7.29. The fourth-order valence-electron chi connectivity index (χ4n) is 3.64. The zero-order valence-electron chi connectivity index (χ0n) is 15.8. The Morgan fingerprint density at radius 1 is 0.900 bits per heavy atom. The van der Waals surface area contributed by atoms with Gasteiger partial charge in [-0.2, -0.15) is 0 Å². The monoisotopic (exact) mass is 416 g/mol. The van der Waals surface area contributed by atoms with Crippen molar-refractivity contribution in [3.63, 3.8) is 0 Å². The van der Waals surface area contributed by atoms with E-state index in [-0.39, 0.29) is 28.0 Å². The van der Waals surface area contributed by atoms with Crippen molar-refractivity contribution in [2.75, 3.05) is 0 Å². The summed E-state index contributed by atoms with van der Waals surface area (Å²) in [4.78, 5) is 12.7. The predicted molar refractivity (Wildman–Crippen MR) is 104 cm³/mol. The van der Waals surface area contributed by atoms with Gasteiger partial charge in [0.15, 0.2) is 5.43 Å². The van der Waals surface area contributed by atoms with E-state index in [1.807, 2.05) is 0 Å². The van der Waals surface area contributed by atoms with Gasteiger partial charge in [-0.1, -0.05) is 0 Å². The highest BCUT2D eigenvalue weighted by Gasteiger charge is 2.44. The first kappa shape index (κ1) is 20.2. The van der Waals surface area contributed by atoms with Crippen LogP contribution < -0.4 is 5.43 Å². The molecule has 1 aromatic heterocycles. The molecule has 1 aliphatic rings. The number of rotatable bonds is 2. The zero-order chi connectivity index (χ0) is 21.7. The third-order valence-corrected chi connectivity index (χ3v) is 5.30. The Balaban J connectivity index is 1.86. The molecule has 2 aromatic carbocycles. The van der Waals surface area contributed by atoms with Crippen molar-refractivity contribution in [1.82, 2.24) is 0 Å². The van der Waals surface area contributed by atoms with Crippen LogP contribution in [0.3, 0.4) is 0 Å². The molecule has 1 fully saturated rings. The van der Waals surface area contributed by atoms with Crippen molar-refractivity contribution >= 4 is 11.0 Å². The molecule has 2 heterocycles. The average molecular weight is 416 g/mol. The number of phenols is 3. The van der Waals surface area contributed by atoms with Crippen molar-refractivity contribution in [1.29, 1.82) is 0 Å². The molecule has 0 spiro atoms. The molecule has 9 nitrogen and oxygen atoms in total. The summed E-state index contributed by atoms with van der Waals surface area (Å²) in [6.45, 7) is 1.46. The van der Waals surface area contributed by atoms with E-state index in [4.69, 9.17) is 9.15 Å². The van der Waals surface area contributed by atoms with Gasteiger partial charge in [0.25, 0.3) is 0 Å². The molecule has 5 atom stereocenters. The van der Waals surface area contributed by atoms with Crippen LogP contribution in [-0.2, 0) is 4.74 Å². The van der Waals surface area contributed by atoms with E-state index in [9.17, 15) is 35.4 Å². The molecule has 4 rings (SSSR count). The number of aliphatic hydroxyl groups excluding tert-OH is 3. The zero-order valence-corrected chi connectivity index (χ0v) is 15.8. The Hall–Kier alpha value is -3.11. The lowest BCUT2D eigenvalue weighted by Gasteiger charge is -2.39. The average Bonchev–Trinajstić information content (AvgIpc) is 2.70. The summed E-state index contributed by atoms with van der Waals surface area (Å²) in [6, 6.07) is 8.16. The maximum atomic E-state index is 12.7. The Morgan fingerprint density at radius 2 is 1.57 bits per heavy atom. The van der Waals surface area contributed by atoms with Crippen molar-refractivity contribution in [2.24, 2.45) is 0 Å². The van der Waals surface area contributed by atoms with Gasteiger partial charge in [-0.25, -0.2) is 0 Å². The third-order valence-electron chi connectivity index (χ3n) is 5.30. The number of phenolic OH excluding ortho intramolecular Hbond substituents is 3. The molecule has 158 valence electrons. The van der Waals surface area contributed by atoms with Crippen LogP contribution in [0.25, 0.3) is 22.3 Å². The maximum absolute atomic E-state index is 12.7. The molecule has 0 radical (unpaired) electrons. The van der Waals surface area contributed by atoms with Crippen LogP contribution in [0, 0.1) is 0 Å². The van der Waals surface area contributed by atoms with E-state index in [0.29, 0.717) is 5.56 Å². The minimum Gasteiger partial charge on any atom is -0.508 e. The molecule has 0 aliphatic carbocycles. The van der Waals surface area contributed by atoms with E-state index in [0.717, 1.165) is 12.1 Å². The molecule has 30 heavy (non-hydrogen) atoms. The number of ether oxygens (including phenoxy) is 1. The number of fused-ring (bicyclic) bond motifs is 1. The molecule has 0 unspecified atom stereocenters. The molecular formula is C21H20O9. The SMILES string of the molecule is C[C@@H]1O[C@@H](c2c(O)cc3oc(-c4ccc(O)cc4)cc(=O)c3c2O)[C@H](O)[C@H](O)[C@H]1O. The number of aliphatic hydroxyl groups is 3. The fraction of sp³-hybridized carbons (Fsp3) is 0.286. The Morgan fingerprint density at radius 3 is 2.23 bits per heavy atom. The highest BCUT2D eigenvalue weighted by atomic mass is 16.5. The largest absolute Gasteiger partial charge is 0.508 e. The van der Waals surface area contributed by atoms with Gasteiger partial charge in [0.05, 0.1) is 11.7 Å². The normalized spacial score (nSPS) is 26.7. The molecule has 1 saturated heterocycles. The number of benzene rings is 2. The van der Waals surface area contributed by atoms with Crippen LogP contribution in [-0.4, -0.2) is 55.1 Å². The van der Waals surface area contributed by atoms with Gasteiger partial charge >= 0.3 is 0 Å². The van der Waals surface area contributed by atoms with Crippen LogP contribution in [0.5, 0.6) is 17.2 Å². The lowest BCUT2D eigenvalue weighted by Crippen LogP contribution is -2.53. The minimum absolute atomic E-state index is 0.0365. The molecule has 0 bridgehead atoms. The van der Waals surface area contributed by atoms with Crippen LogP contribution in [0.1, 0.15) is 18.6 Å². The third kappa shape index (κ3) is 3.17. The van der Waals surface area contributed by atoms with Crippen molar-refractivity contribution in [3.8, 4) is 28.6 Å². The van der Waals surface area contributed by atoms with Crippen molar-refractivity contribution in [3.05, 3.63) is 52.2 Å². The van der Waals surface area contributed by atoms with Gasteiger partial charge in [0.2, 0.25) is 0 Å². The predicted octanol–water partition coefficient (Wildman–Crippen LogP) is 1.12. The van der Waals surface area contributed by atoms with Crippen molar-refractivity contribution in [2.45, 2.75) is 37.4 Å². The molecule has 6 N–H and O–H groups in total. The Labute approximate surface area is 169 Å². The van der Waals surface area contributed by atoms with Crippen LogP contribution in [0.2, 0.25) is 0 Å². The highest BCUT2D eigenvalue weighted by Crippen LogP contribution is 2.44. The fourth-order valence-corrected chi connectivity index (χ4v) is 3.64. The summed E-state index contributed by atoms with van der Waals surface area (Å²) in [5.41, 5.74) is -0.524. The van der Waals surface area contributed by atoms with Crippen LogP contribution in [0.4, 0.5) is 0 Å². The van der Waals surface area contributed by atoms with Gasteiger partial charge in [-0.3, -0.25) is 4.79 Å². The molecule has 3 aromatic rings. The van der Waals surface area contributed by atoms with Gasteiger partial charge in [-0.15, -0.1) is 0 Å². The molecule has 9 heteroatoms. The van der Waals surface area contributed by atoms with Gasteiger partial charge < -0.3 is 39.8 Å². The lowest BCUT2D eigenvalue weighted by atomic mass is 9.90. The molecule has 1 aliphatic heterocycles. The van der Waals surface area contributed by atoms with Gasteiger partial charge in [0, 0.05) is 17.7 Å². The standard InChI is InChI=1S/C21H20O9/c1-8-17(25)19(27)20(28)21(29-8)16-12(24)7-14-15(18(16)26)11(23)6-13(30-14)9-2-4-10(22)5-3-9/h2-8,17,19-22,24-28H,1H3/t8-,17-,19+,20+,21-/m0/s1. The van der Waals surface area contributed by atoms with E-state index in [2.05, 4.69) is 0 Å². The second-order valence-corrected chi connectivity index (χ2v) is 7.29. The van der Waals surface area contributed by atoms with E-state index >= 15 is 0 Å².